The van der Waals surface area contributed by atoms with Crippen LogP contribution in [0.5, 0.6) is 0 Å². The number of anilines is 1. The van der Waals surface area contributed by atoms with E-state index >= 15 is 0 Å². The summed E-state index contributed by atoms with van der Waals surface area (Å²) in [5.41, 5.74) is 5.87. The van der Waals surface area contributed by atoms with E-state index in [-0.39, 0.29) is 12.5 Å². The molecule has 3 N–H and O–H groups in total. The molecular formula is C13H16N2O4. The number of benzene rings is 1. The summed E-state index contributed by atoms with van der Waals surface area (Å²) in [4.78, 5) is 23.5. The van der Waals surface area contributed by atoms with E-state index < -0.39 is 11.4 Å². The number of ether oxygens (including phenoxy) is 2. The quantitative estimate of drug-likeness (QED) is 0.767. The minimum atomic E-state index is -0.652. The Labute approximate surface area is 110 Å². The second-order valence-electron chi connectivity index (χ2n) is 4.50. The zero-order valence-electron chi connectivity index (χ0n) is 10.6. The molecule has 1 aliphatic heterocycles. The second kappa shape index (κ2) is 5.38. The number of hydrogen-bond donors (Lipinski definition) is 2. The molecule has 1 fully saturated rings. The molecule has 6 heteroatoms. The highest BCUT2D eigenvalue weighted by atomic mass is 16.5. The van der Waals surface area contributed by atoms with Gasteiger partial charge >= 0.3 is 5.97 Å². The van der Waals surface area contributed by atoms with Gasteiger partial charge in [0.05, 0.1) is 25.9 Å². The first kappa shape index (κ1) is 13.5. The highest BCUT2D eigenvalue weighted by Crippen LogP contribution is 2.28. The molecule has 0 aromatic heterocycles. The van der Waals surface area contributed by atoms with Crippen LogP contribution < -0.4 is 11.1 Å². The summed E-state index contributed by atoms with van der Waals surface area (Å²) in [6.45, 7) is 0.883. The maximum atomic E-state index is 12.1. The molecule has 1 aromatic rings. The molecule has 6 nitrogen and oxygen atoms in total. The van der Waals surface area contributed by atoms with E-state index in [9.17, 15) is 9.59 Å². The maximum absolute atomic E-state index is 12.1. The number of methoxy groups -OCH3 is 1. The van der Waals surface area contributed by atoms with Crippen LogP contribution in [-0.4, -0.2) is 38.7 Å². The fraction of sp³-hybridized carbons (Fsp3) is 0.385. The number of hydrogen-bond acceptors (Lipinski definition) is 5. The van der Waals surface area contributed by atoms with Crippen LogP contribution in [0.25, 0.3) is 0 Å². The summed E-state index contributed by atoms with van der Waals surface area (Å²) in [5, 5.41) is 2.75. The van der Waals surface area contributed by atoms with Crippen LogP contribution in [0.1, 0.15) is 10.4 Å². The Balaban J connectivity index is 2.11. The first-order chi connectivity index (χ1) is 9.11. The number of amides is 1. The van der Waals surface area contributed by atoms with Crippen molar-refractivity contribution in [2.75, 3.05) is 32.2 Å². The standard InChI is InChI=1S/C13H16N2O4/c1-18-11(16)9-3-2-4-10(5-9)15-12(17)13(6-14)7-19-8-13/h2-5H,6-8,14H2,1H3,(H,15,17). The minimum absolute atomic E-state index is 0.191. The van der Waals surface area contributed by atoms with Crippen molar-refractivity contribution in [2.45, 2.75) is 0 Å². The maximum Gasteiger partial charge on any atom is 0.337 e. The molecule has 1 amide bonds. The van der Waals surface area contributed by atoms with Crippen molar-refractivity contribution in [3.8, 4) is 0 Å². The highest BCUT2D eigenvalue weighted by Gasteiger charge is 2.44. The van der Waals surface area contributed by atoms with Crippen molar-refractivity contribution in [1.82, 2.24) is 0 Å². The normalized spacial score (nSPS) is 16.3. The Hall–Kier alpha value is -1.92. The van der Waals surface area contributed by atoms with E-state index in [1.165, 1.54) is 7.11 Å². The van der Waals surface area contributed by atoms with Crippen molar-refractivity contribution in [3.05, 3.63) is 29.8 Å². The van der Waals surface area contributed by atoms with Crippen LogP contribution in [0.3, 0.4) is 0 Å². The average Bonchev–Trinajstić information content (AvgIpc) is 2.37. The Morgan fingerprint density at radius 2 is 2.21 bits per heavy atom. The number of rotatable bonds is 4. The molecule has 102 valence electrons. The summed E-state index contributed by atoms with van der Waals surface area (Å²) in [6, 6.07) is 6.56. The van der Waals surface area contributed by atoms with Gasteiger partial charge in [-0.15, -0.1) is 0 Å². The monoisotopic (exact) mass is 264 g/mol. The van der Waals surface area contributed by atoms with Gasteiger partial charge in [0.25, 0.3) is 0 Å². The number of carbonyl (C=O) groups is 2. The first-order valence-electron chi connectivity index (χ1n) is 5.89. The predicted octanol–water partition coefficient (Wildman–Crippen LogP) is 0.387. The number of nitrogens with two attached hydrogens (primary N) is 1. The van der Waals surface area contributed by atoms with Gasteiger partial charge in [0.15, 0.2) is 0 Å². The minimum Gasteiger partial charge on any atom is -0.465 e. The summed E-state index contributed by atoms with van der Waals surface area (Å²) in [6.07, 6.45) is 0. The molecule has 0 unspecified atom stereocenters. The molecular weight excluding hydrogens is 248 g/mol. The summed E-state index contributed by atoms with van der Waals surface area (Å²) in [5.74, 6) is -0.639. The molecule has 1 heterocycles. The number of nitrogens with one attached hydrogen (secondary N) is 1. The van der Waals surface area contributed by atoms with Crippen molar-refractivity contribution >= 4 is 17.6 Å². The number of esters is 1. The van der Waals surface area contributed by atoms with Crippen molar-refractivity contribution in [3.63, 3.8) is 0 Å². The molecule has 0 bridgehead atoms. The fourth-order valence-corrected chi connectivity index (χ4v) is 1.80. The van der Waals surface area contributed by atoms with Gasteiger partial charge in [-0.1, -0.05) is 6.07 Å². The Morgan fingerprint density at radius 1 is 1.47 bits per heavy atom. The molecule has 0 spiro atoms. The van der Waals surface area contributed by atoms with E-state index in [2.05, 4.69) is 10.1 Å². The number of carbonyl (C=O) groups excluding carboxylic acids is 2. The highest BCUT2D eigenvalue weighted by molar-refractivity contribution is 5.98. The molecule has 0 radical (unpaired) electrons. The second-order valence-corrected chi connectivity index (χ2v) is 4.50. The van der Waals surface area contributed by atoms with Crippen molar-refractivity contribution in [2.24, 2.45) is 11.1 Å². The average molecular weight is 264 g/mol. The lowest BCUT2D eigenvalue weighted by Crippen LogP contribution is -2.56. The molecule has 19 heavy (non-hydrogen) atoms. The first-order valence-corrected chi connectivity index (χ1v) is 5.89. The van der Waals surface area contributed by atoms with Gasteiger partial charge in [0.1, 0.15) is 5.41 Å². The Bertz CT molecular complexity index is 492. The molecule has 2 rings (SSSR count). The zero-order chi connectivity index (χ0) is 13.9. The third kappa shape index (κ3) is 2.59. The molecule has 0 saturated carbocycles. The van der Waals surface area contributed by atoms with E-state index in [4.69, 9.17) is 10.5 Å². The van der Waals surface area contributed by atoms with Gasteiger partial charge in [-0.05, 0) is 18.2 Å². The molecule has 1 aliphatic rings. The largest absolute Gasteiger partial charge is 0.465 e. The topological polar surface area (TPSA) is 90.7 Å². The summed E-state index contributed by atoms with van der Waals surface area (Å²) in [7, 11) is 1.31. The van der Waals surface area contributed by atoms with Crippen LogP contribution in [0, 0.1) is 5.41 Å². The SMILES string of the molecule is COC(=O)c1cccc(NC(=O)C2(CN)COC2)c1. The van der Waals surface area contributed by atoms with Crippen molar-refractivity contribution < 1.29 is 19.1 Å². The lowest BCUT2D eigenvalue weighted by Gasteiger charge is -2.38. The van der Waals surface area contributed by atoms with Gasteiger partial charge in [-0.2, -0.15) is 0 Å². The predicted molar refractivity (Wildman–Crippen MR) is 68.7 cm³/mol. The Morgan fingerprint density at radius 3 is 2.74 bits per heavy atom. The molecule has 1 saturated heterocycles. The smallest absolute Gasteiger partial charge is 0.337 e. The van der Waals surface area contributed by atoms with Crippen LogP contribution in [-0.2, 0) is 14.3 Å². The summed E-state index contributed by atoms with van der Waals surface area (Å²) >= 11 is 0. The van der Waals surface area contributed by atoms with Gasteiger partial charge in [-0.3, -0.25) is 4.79 Å². The zero-order valence-corrected chi connectivity index (χ0v) is 10.6. The van der Waals surface area contributed by atoms with E-state index in [1.807, 2.05) is 0 Å². The molecule has 0 aliphatic carbocycles. The van der Waals surface area contributed by atoms with Crippen LogP contribution in [0.15, 0.2) is 24.3 Å². The molecule has 1 aromatic carbocycles. The molecule has 0 atom stereocenters. The fourth-order valence-electron chi connectivity index (χ4n) is 1.80. The van der Waals surface area contributed by atoms with Gasteiger partial charge in [0, 0.05) is 12.2 Å². The van der Waals surface area contributed by atoms with Gasteiger partial charge in [0.2, 0.25) is 5.91 Å². The van der Waals surface area contributed by atoms with Crippen molar-refractivity contribution in [1.29, 1.82) is 0 Å². The van der Waals surface area contributed by atoms with Crippen LogP contribution >= 0.6 is 0 Å². The summed E-state index contributed by atoms with van der Waals surface area (Å²) < 4.78 is 9.68. The lowest BCUT2D eigenvalue weighted by molar-refractivity contribution is -0.153. The van der Waals surface area contributed by atoms with Gasteiger partial charge < -0.3 is 20.5 Å². The van der Waals surface area contributed by atoms with Gasteiger partial charge in [-0.25, -0.2) is 4.79 Å². The van der Waals surface area contributed by atoms with E-state index in [1.54, 1.807) is 24.3 Å². The van der Waals surface area contributed by atoms with E-state index in [0.717, 1.165) is 0 Å². The third-order valence-electron chi connectivity index (χ3n) is 3.17. The van der Waals surface area contributed by atoms with Crippen LogP contribution in [0.2, 0.25) is 0 Å². The van der Waals surface area contributed by atoms with E-state index in [0.29, 0.717) is 24.5 Å². The Kier molecular flexibility index (Phi) is 3.82. The third-order valence-corrected chi connectivity index (χ3v) is 3.17. The lowest BCUT2D eigenvalue weighted by atomic mass is 9.85. The van der Waals surface area contributed by atoms with Crippen LogP contribution in [0.4, 0.5) is 5.69 Å².